The van der Waals surface area contributed by atoms with Crippen LogP contribution >= 0.6 is 0 Å². The number of halogens is 1. The van der Waals surface area contributed by atoms with Crippen LogP contribution in [0.25, 0.3) is 11.1 Å². The van der Waals surface area contributed by atoms with Gasteiger partial charge in [-0.25, -0.2) is 9.38 Å². The summed E-state index contributed by atoms with van der Waals surface area (Å²) in [6.45, 7) is 0. The fourth-order valence-electron chi connectivity index (χ4n) is 6.00. The van der Waals surface area contributed by atoms with Crippen LogP contribution in [0.3, 0.4) is 0 Å². The van der Waals surface area contributed by atoms with Crippen LogP contribution in [0.15, 0.2) is 41.4 Å². The van der Waals surface area contributed by atoms with E-state index < -0.39 is 11.0 Å². The van der Waals surface area contributed by atoms with E-state index in [4.69, 9.17) is 15.5 Å². The van der Waals surface area contributed by atoms with E-state index in [0.29, 0.717) is 36.0 Å². The zero-order chi connectivity index (χ0) is 22.7. The smallest absolute Gasteiger partial charge is 0.262 e. The first-order valence-corrected chi connectivity index (χ1v) is 10.9. The van der Waals surface area contributed by atoms with Gasteiger partial charge >= 0.3 is 0 Å². The number of benzene rings is 2. The van der Waals surface area contributed by atoms with Crippen molar-refractivity contribution >= 4 is 11.9 Å². The van der Waals surface area contributed by atoms with Gasteiger partial charge in [0.2, 0.25) is 0 Å². The lowest BCUT2D eigenvalue weighted by Gasteiger charge is -2.45. The molecule has 2 aliphatic carbocycles. The molecule has 164 valence electrons. The molecule has 32 heavy (non-hydrogen) atoms. The molecule has 1 unspecified atom stereocenters. The monoisotopic (exact) mass is 432 g/mol. The van der Waals surface area contributed by atoms with Crippen molar-refractivity contribution in [2.45, 2.75) is 43.7 Å². The molecule has 0 aromatic heterocycles. The van der Waals surface area contributed by atoms with E-state index in [1.807, 2.05) is 6.07 Å². The van der Waals surface area contributed by atoms with Crippen LogP contribution in [0.4, 0.5) is 4.39 Å². The van der Waals surface area contributed by atoms with Gasteiger partial charge in [-0.2, -0.15) is 5.26 Å². The molecule has 1 saturated carbocycles. The number of rotatable bonds is 2. The fraction of sp³-hybridized carbons (Fsp3) is 0.400. The number of likely N-dealkylation sites (N-methyl/N-ethyl adjacent to an activating group) is 1. The van der Waals surface area contributed by atoms with Crippen LogP contribution in [-0.4, -0.2) is 37.0 Å². The number of hydrogen-bond donors (Lipinski definition) is 1. The summed E-state index contributed by atoms with van der Waals surface area (Å²) in [5.74, 6) is -0.397. The maximum Gasteiger partial charge on any atom is 0.262 e. The summed E-state index contributed by atoms with van der Waals surface area (Å²) in [4.78, 5) is 20.1. The molecule has 6 nitrogen and oxygen atoms in total. The minimum atomic E-state index is -1.28. The first-order valence-electron chi connectivity index (χ1n) is 10.9. The van der Waals surface area contributed by atoms with E-state index in [1.165, 1.54) is 11.0 Å². The Bertz CT molecular complexity index is 1190. The van der Waals surface area contributed by atoms with Gasteiger partial charge in [-0.1, -0.05) is 18.2 Å². The van der Waals surface area contributed by atoms with Crippen LogP contribution in [-0.2, 0) is 21.5 Å². The van der Waals surface area contributed by atoms with Crippen LogP contribution in [0.5, 0.6) is 0 Å². The summed E-state index contributed by atoms with van der Waals surface area (Å²) in [6.07, 6.45) is 3.47. The van der Waals surface area contributed by atoms with Crippen molar-refractivity contribution in [3.63, 3.8) is 0 Å². The molecule has 0 bridgehead atoms. The van der Waals surface area contributed by atoms with Crippen LogP contribution in [0.2, 0.25) is 0 Å². The summed E-state index contributed by atoms with van der Waals surface area (Å²) in [5.41, 5.74) is 7.46. The highest BCUT2D eigenvalue weighted by molar-refractivity contribution is 6.09. The summed E-state index contributed by atoms with van der Waals surface area (Å²) < 4.78 is 20.9. The van der Waals surface area contributed by atoms with Crippen molar-refractivity contribution in [3.8, 4) is 17.2 Å². The third-order valence-corrected chi connectivity index (χ3v) is 7.67. The molecular weight excluding hydrogens is 407 g/mol. The van der Waals surface area contributed by atoms with Gasteiger partial charge in [0.1, 0.15) is 5.82 Å². The Morgan fingerprint density at radius 1 is 1.28 bits per heavy atom. The summed E-state index contributed by atoms with van der Waals surface area (Å²) >= 11 is 0. The molecular formula is C25H25FN4O2. The number of aliphatic imine (C=N–C) groups is 1. The van der Waals surface area contributed by atoms with Crippen LogP contribution < -0.4 is 5.73 Å². The second-order valence-electron chi connectivity index (χ2n) is 9.08. The van der Waals surface area contributed by atoms with Crippen molar-refractivity contribution in [2.75, 3.05) is 14.2 Å². The lowest BCUT2D eigenvalue weighted by molar-refractivity contribution is -0.137. The van der Waals surface area contributed by atoms with Gasteiger partial charge in [-0.05, 0) is 67.0 Å². The zero-order valence-corrected chi connectivity index (χ0v) is 18.2. The number of nitriles is 1. The zero-order valence-electron chi connectivity index (χ0n) is 18.2. The number of guanidine groups is 1. The molecule has 1 atom stereocenters. The summed E-state index contributed by atoms with van der Waals surface area (Å²) in [6, 6.07) is 12.5. The maximum atomic E-state index is 15.3. The molecule has 2 aromatic rings. The molecule has 2 spiro atoms. The molecule has 0 radical (unpaired) electrons. The minimum absolute atomic E-state index is 0.119. The highest BCUT2D eigenvalue weighted by Crippen LogP contribution is 2.63. The second-order valence-corrected chi connectivity index (χ2v) is 9.08. The normalized spacial score (nSPS) is 28.8. The molecule has 3 aliphatic rings. The number of carbonyl (C=O) groups is 1. The van der Waals surface area contributed by atoms with Gasteiger partial charge in [0.25, 0.3) is 5.91 Å². The molecule has 0 saturated heterocycles. The number of nitrogens with two attached hydrogens (primary N) is 1. The number of amides is 1. The van der Waals surface area contributed by atoms with Crippen LogP contribution in [0.1, 0.15) is 42.4 Å². The van der Waals surface area contributed by atoms with Crippen molar-refractivity contribution in [2.24, 2.45) is 16.1 Å². The van der Waals surface area contributed by atoms with E-state index in [-0.39, 0.29) is 23.8 Å². The first kappa shape index (κ1) is 20.7. The first-order chi connectivity index (χ1) is 15.4. The summed E-state index contributed by atoms with van der Waals surface area (Å²) in [5, 5.41) is 9.39. The highest BCUT2D eigenvalue weighted by atomic mass is 19.1. The fourth-order valence-corrected chi connectivity index (χ4v) is 6.00. The number of hydrogen-bond acceptors (Lipinski definition) is 5. The van der Waals surface area contributed by atoms with Crippen molar-refractivity contribution in [3.05, 3.63) is 58.9 Å². The Balaban J connectivity index is 1.79. The van der Waals surface area contributed by atoms with Gasteiger partial charge in [0.05, 0.1) is 17.7 Å². The third-order valence-electron chi connectivity index (χ3n) is 7.67. The third kappa shape index (κ3) is 2.59. The molecule has 2 aromatic carbocycles. The Hall–Kier alpha value is -3.24. The number of methoxy groups -OCH3 is 1. The Kier molecular flexibility index (Phi) is 4.61. The van der Waals surface area contributed by atoms with E-state index >= 15 is 4.39 Å². The maximum absolute atomic E-state index is 15.3. The number of ether oxygens (including phenoxy) is 1. The van der Waals surface area contributed by atoms with Gasteiger partial charge in [-0.15, -0.1) is 0 Å². The minimum Gasteiger partial charge on any atom is -0.381 e. The number of fused-ring (bicyclic) bond motifs is 3. The number of nitrogens with zero attached hydrogens (tertiary/aromatic N) is 3. The van der Waals surface area contributed by atoms with Gasteiger partial charge in [-0.3, -0.25) is 9.69 Å². The molecule has 2 N–H and O–H groups in total. The SMILES string of the molecule is COC1CCC2(CC1)Cc1c(F)ccc(-c3cccc(C#N)c3)c1C21N=C(N)N(C)C1=O. The van der Waals surface area contributed by atoms with Crippen molar-refractivity contribution in [1.82, 2.24) is 4.90 Å². The van der Waals surface area contributed by atoms with E-state index in [2.05, 4.69) is 6.07 Å². The van der Waals surface area contributed by atoms with Gasteiger partial charge in [0.15, 0.2) is 11.5 Å². The van der Waals surface area contributed by atoms with Crippen molar-refractivity contribution in [1.29, 1.82) is 5.26 Å². The van der Waals surface area contributed by atoms with E-state index in [0.717, 1.165) is 24.0 Å². The molecule has 1 aliphatic heterocycles. The molecule has 7 heteroatoms. The predicted octanol–water partition coefficient (Wildman–Crippen LogP) is 3.48. The average molecular weight is 432 g/mol. The Labute approximate surface area is 186 Å². The quantitative estimate of drug-likeness (QED) is 0.787. The number of carbonyl (C=O) groups excluding carboxylic acids is 1. The Morgan fingerprint density at radius 2 is 2.03 bits per heavy atom. The molecule has 5 rings (SSSR count). The van der Waals surface area contributed by atoms with Gasteiger partial charge in [0, 0.05) is 25.1 Å². The molecule has 1 amide bonds. The van der Waals surface area contributed by atoms with Gasteiger partial charge < -0.3 is 10.5 Å². The van der Waals surface area contributed by atoms with E-state index in [1.54, 1.807) is 38.4 Å². The predicted molar refractivity (Wildman–Crippen MR) is 118 cm³/mol. The van der Waals surface area contributed by atoms with Crippen LogP contribution in [0, 0.1) is 22.6 Å². The second kappa shape index (κ2) is 7.14. The highest BCUT2D eigenvalue weighted by Gasteiger charge is 2.67. The molecule has 1 heterocycles. The lowest BCUT2D eigenvalue weighted by atomic mass is 9.61. The van der Waals surface area contributed by atoms with Crippen molar-refractivity contribution < 1.29 is 13.9 Å². The average Bonchev–Trinajstić information content (AvgIpc) is 3.22. The largest absolute Gasteiger partial charge is 0.381 e. The topological polar surface area (TPSA) is 91.7 Å². The Morgan fingerprint density at radius 3 is 2.66 bits per heavy atom. The molecule has 1 fully saturated rings. The standard InChI is InChI=1S/C25H25FN4O2/c1-30-22(31)25(29-23(30)28)21-18(16-5-3-4-15(12-16)14-27)6-7-20(26)19(21)13-24(25)10-8-17(32-2)9-11-24/h3-7,12,17H,8-11,13H2,1-2H3,(H2,28,29). The lowest BCUT2D eigenvalue weighted by Crippen LogP contribution is -2.51. The van der Waals surface area contributed by atoms with E-state index in [9.17, 15) is 10.1 Å². The summed E-state index contributed by atoms with van der Waals surface area (Å²) in [7, 11) is 3.32.